The summed E-state index contributed by atoms with van der Waals surface area (Å²) in [5, 5.41) is 4.25. The fourth-order valence-corrected chi connectivity index (χ4v) is 6.12. The van der Waals surface area contributed by atoms with Gasteiger partial charge in [0.15, 0.2) is 11.6 Å². The first-order chi connectivity index (χ1) is 16.0. The number of nitrogens with zero attached hydrogens (tertiary/aromatic N) is 3. The average molecular weight is 520 g/mol. The van der Waals surface area contributed by atoms with Crippen molar-refractivity contribution in [2.75, 3.05) is 5.32 Å². The summed E-state index contributed by atoms with van der Waals surface area (Å²) < 4.78 is 23.5. The predicted molar refractivity (Wildman–Crippen MR) is 127 cm³/mol. The van der Waals surface area contributed by atoms with Gasteiger partial charge in [-0.1, -0.05) is 24.3 Å². The van der Waals surface area contributed by atoms with Crippen molar-refractivity contribution in [3.8, 4) is 11.4 Å². The molecule has 0 amide bonds. The van der Waals surface area contributed by atoms with E-state index in [9.17, 15) is 33.5 Å². The lowest BCUT2D eigenvalue weighted by molar-refractivity contribution is 0.0988. The normalized spacial score (nSPS) is 12.3. The van der Waals surface area contributed by atoms with Gasteiger partial charge in [-0.05, 0) is 35.2 Å². The van der Waals surface area contributed by atoms with Crippen LogP contribution in [0.4, 0.5) is 5.82 Å². The van der Waals surface area contributed by atoms with Crippen LogP contribution in [-0.4, -0.2) is 45.8 Å². The van der Waals surface area contributed by atoms with Crippen LogP contribution in [-0.2, 0) is 15.6 Å². The highest BCUT2D eigenvalue weighted by atomic mass is 32.1. The standard InChI is InChI=1S/C20H18N4O7P2S/c25-16(15-6-1-2-8-21-15)11-12-4-3-5-13(10-12)17-22-18(14-7-9-34-19(14)23-17)24-20(32(26,27)28)33(29,30)31/h1-10,20H,11H2,(H,22,23,24)(H2,26,27,28)(H2,29,30,31). The van der Waals surface area contributed by atoms with Gasteiger partial charge in [-0.2, -0.15) is 0 Å². The van der Waals surface area contributed by atoms with Crippen molar-refractivity contribution in [2.24, 2.45) is 0 Å². The van der Waals surface area contributed by atoms with Crippen molar-refractivity contribution in [2.45, 2.75) is 11.9 Å². The van der Waals surface area contributed by atoms with E-state index in [2.05, 4.69) is 20.3 Å². The van der Waals surface area contributed by atoms with Gasteiger partial charge in [0.25, 0.3) is 0 Å². The number of nitrogens with one attached hydrogen (secondary N) is 1. The lowest BCUT2D eigenvalue weighted by atomic mass is 10.0. The van der Waals surface area contributed by atoms with Crippen molar-refractivity contribution in [1.82, 2.24) is 15.0 Å². The van der Waals surface area contributed by atoms with E-state index in [4.69, 9.17) is 0 Å². The molecule has 0 saturated carbocycles. The molecule has 1 aromatic carbocycles. The molecule has 0 aliphatic rings. The van der Waals surface area contributed by atoms with Gasteiger partial charge in [-0.3, -0.25) is 18.9 Å². The Balaban J connectivity index is 1.71. The van der Waals surface area contributed by atoms with Gasteiger partial charge in [0.1, 0.15) is 16.3 Å². The zero-order valence-electron chi connectivity index (χ0n) is 17.2. The highest BCUT2D eigenvalue weighted by molar-refractivity contribution is 7.71. The van der Waals surface area contributed by atoms with Gasteiger partial charge in [0.05, 0.1) is 5.39 Å². The summed E-state index contributed by atoms with van der Waals surface area (Å²) in [4.78, 5) is 63.7. The molecule has 4 rings (SSSR count). The smallest absolute Gasteiger partial charge is 0.346 e. The van der Waals surface area contributed by atoms with E-state index in [-0.39, 0.29) is 23.8 Å². The Labute approximate surface area is 196 Å². The lowest BCUT2D eigenvalue weighted by Crippen LogP contribution is -2.21. The van der Waals surface area contributed by atoms with Crippen molar-refractivity contribution >= 4 is 48.3 Å². The van der Waals surface area contributed by atoms with Crippen molar-refractivity contribution < 1.29 is 33.5 Å². The van der Waals surface area contributed by atoms with E-state index in [0.717, 1.165) is 0 Å². The number of hydrogen-bond acceptors (Lipinski definition) is 8. The van der Waals surface area contributed by atoms with Gasteiger partial charge in [0, 0.05) is 18.2 Å². The Morgan fingerprint density at radius 3 is 2.44 bits per heavy atom. The minimum absolute atomic E-state index is 0.0791. The predicted octanol–water partition coefficient (Wildman–Crippen LogP) is 3.23. The number of rotatable bonds is 8. The molecule has 0 aliphatic heterocycles. The summed E-state index contributed by atoms with van der Waals surface area (Å²) in [6.07, 6.45) is 1.61. The molecule has 5 N–H and O–H groups in total. The molecule has 176 valence electrons. The molecule has 0 aliphatic carbocycles. The molecule has 0 spiro atoms. The molecule has 0 bridgehead atoms. The number of carbonyl (C=O) groups excluding carboxylic acids is 1. The van der Waals surface area contributed by atoms with E-state index < -0.39 is 20.7 Å². The first-order valence-electron chi connectivity index (χ1n) is 9.68. The maximum Gasteiger partial charge on any atom is 0.360 e. The van der Waals surface area contributed by atoms with Crippen LogP contribution in [0.25, 0.3) is 21.6 Å². The largest absolute Gasteiger partial charge is 0.360 e. The van der Waals surface area contributed by atoms with Crippen LogP contribution in [0.3, 0.4) is 0 Å². The minimum Gasteiger partial charge on any atom is -0.346 e. The molecular weight excluding hydrogens is 502 g/mol. The second-order valence-corrected chi connectivity index (χ2v) is 11.9. The number of anilines is 1. The number of hydrogen-bond donors (Lipinski definition) is 5. The number of pyridine rings is 1. The Bertz CT molecular complexity index is 1430. The minimum atomic E-state index is -5.24. The van der Waals surface area contributed by atoms with Crippen molar-refractivity contribution in [3.63, 3.8) is 0 Å². The van der Waals surface area contributed by atoms with E-state index in [1.807, 2.05) is 0 Å². The monoisotopic (exact) mass is 520 g/mol. The fourth-order valence-electron chi connectivity index (χ4n) is 3.20. The van der Waals surface area contributed by atoms with Crippen LogP contribution in [0.5, 0.6) is 0 Å². The van der Waals surface area contributed by atoms with E-state index in [1.165, 1.54) is 17.5 Å². The van der Waals surface area contributed by atoms with Crippen molar-refractivity contribution in [1.29, 1.82) is 0 Å². The summed E-state index contributed by atoms with van der Waals surface area (Å²) >= 11 is 1.22. The number of benzene rings is 1. The molecule has 14 heteroatoms. The van der Waals surface area contributed by atoms with Gasteiger partial charge >= 0.3 is 15.2 Å². The molecule has 0 atom stereocenters. The van der Waals surface area contributed by atoms with Crippen LogP contribution in [0.1, 0.15) is 16.1 Å². The maximum atomic E-state index is 12.5. The van der Waals surface area contributed by atoms with Crippen LogP contribution in [0.2, 0.25) is 0 Å². The van der Waals surface area contributed by atoms with Crippen LogP contribution in [0, 0.1) is 0 Å². The number of fused-ring (bicyclic) bond motifs is 1. The highest BCUT2D eigenvalue weighted by Gasteiger charge is 2.44. The second-order valence-electron chi connectivity index (χ2n) is 7.25. The summed E-state index contributed by atoms with van der Waals surface area (Å²) in [7, 11) is -10.5. The zero-order valence-corrected chi connectivity index (χ0v) is 19.8. The lowest BCUT2D eigenvalue weighted by Gasteiger charge is -2.21. The SMILES string of the molecule is O=C(Cc1cccc(-c2nc(NC(P(=O)(O)O)P(=O)(O)O)c3ccsc3n2)c1)c1ccccn1. The maximum absolute atomic E-state index is 12.5. The molecule has 34 heavy (non-hydrogen) atoms. The number of Topliss-reactive ketones (excluding diaryl/α,β-unsaturated/α-hetero) is 1. The van der Waals surface area contributed by atoms with E-state index >= 15 is 0 Å². The summed E-state index contributed by atoms with van der Waals surface area (Å²) in [6, 6.07) is 13.5. The Morgan fingerprint density at radius 1 is 1.00 bits per heavy atom. The summed E-state index contributed by atoms with van der Waals surface area (Å²) in [5.41, 5.74) is -0.959. The molecular formula is C20H18N4O7P2S. The topological polar surface area (TPSA) is 183 Å². The van der Waals surface area contributed by atoms with Crippen molar-refractivity contribution in [3.05, 3.63) is 71.4 Å². The number of thiophene rings is 1. The Hall–Kier alpha value is -2.82. The molecule has 0 radical (unpaired) electrons. The number of ketones is 1. The average Bonchev–Trinajstić information content (AvgIpc) is 3.25. The highest BCUT2D eigenvalue weighted by Crippen LogP contribution is 2.59. The quantitative estimate of drug-likeness (QED) is 0.170. The number of aromatic nitrogens is 3. The third-order valence-corrected chi connectivity index (χ3v) is 8.87. The van der Waals surface area contributed by atoms with Crippen LogP contribution in [0.15, 0.2) is 60.1 Å². The van der Waals surface area contributed by atoms with Crippen LogP contribution >= 0.6 is 26.5 Å². The number of carbonyl (C=O) groups is 1. The second kappa shape index (κ2) is 9.44. The molecule has 0 fully saturated rings. The molecule has 3 heterocycles. The van der Waals surface area contributed by atoms with Gasteiger partial charge < -0.3 is 24.9 Å². The van der Waals surface area contributed by atoms with Gasteiger partial charge in [-0.25, -0.2) is 9.97 Å². The molecule has 11 nitrogen and oxygen atoms in total. The first kappa shape index (κ1) is 24.3. The third-order valence-electron chi connectivity index (χ3n) is 4.73. The Kier molecular flexibility index (Phi) is 6.75. The van der Waals surface area contributed by atoms with E-state index in [0.29, 0.717) is 27.0 Å². The molecule has 0 saturated heterocycles. The van der Waals surface area contributed by atoms with Gasteiger partial charge in [0.2, 0.25) is 5.52 Å². The third kappa shape index (κ3) is 5.45. The Morgan fingerprint density at radius 2 is 1.76 bits per heavy atom. The summed E-state index contributed by atoms with van der Waals surface area (Å²) in [5.74, 6) is -0.159. The summed E-state index contributed by atoms with van der Waals surface area (Å²) in [6.45, 7) is 0. The molecule has 3 aromatic heterocycles. The fraction of sp³-hybridized carbons (Fsp3) is 0.100. The van der Waals surface area contributed by atoms with Crippen LogP contribution < -0.4 is 5.32 Å². The molecule has 0 unspecified atom stereocenters. The zero-order chi connectivity index (χ0) is 24.5. The first-order valence-corrected chi connectivity index (χ1v) is 13.9. The van der Waals surface area contributed by atoms with Gasteiger partial charge in [-0.15, -0.1) is 11.3 Å². The van der Waals surface area contributed by atoms with E-state index in [1.54, 1.807) is 53.9 Å². The molecule has 4 aromatic rings.